The summed E-state index contributed by atoms with van der Waals surface area (Å²) in [5.41, 5.74) is 0. The molecule has 0 aliphatic carbocycles. The standard InChI is InChI=1S/C10H17NO2S/c1-4-6-13-9(12)8-10(2,3)14-7-5-11-8/h4,8,11H,1,5-7H2,2-3H3/t8-/m0/s1. The Morgan fingerprint density at radius 2 is 2.50 bits per heavy atom. The minimum atomic E-state index is -0.207. The van der Waals surface area contributed by atoms with Crippen LogP contribution in [0.25, 0.3) is 0 Å². The summed E-state index contributed by atoms with van der Waals surface area (Å²) < 4.78 is 4.95. The first-order valence-electron chi connectivity index (χ1n) is 4.73. The summed E-state index contributed by atoms with van der Waals surface area (Å²) in [4.78, 5) is 11.6. The zero-order valence-electron chi connectivity index (χ0n) is 8.71. The summed E-state index contributed by atoms with van der Waals surface area (Å²) in [5.74, 6) is 0.861. The predicted molar refractivity (Wildman–Crippen MR) is 59.5 cm³/mol. The molecule has 80 valence electrons. The molecule has 1 saturated heterocycles. The molecule has 1 N–H and O–H groups in total. The third-order valence-corrected chi connectivity index (χ3v) is 3.59. The maximum Gasteiger partial charge on any atom is 0.324 e. The molecule has 0 aromatic rings. The number of carbonyl (C=O) groups excluding carboxylic acids is 1. The monoisotopic (exact) mass is 215 g/mol. The number of thioether (sulfide) groups is 1. The molecule has 14 heavy (non-hydrogen) atoms. The van der Waals surface area contributed by atoms with Crippen molar-refractivity contribution >= 4 is 17.7 Å². The molecule has 3 nitrogen and oxygen atoms in total. The summed E-state index contributed by atoms with van der Waals surface area (Å²) >= 11 is 1.80. The van der Waals surface area contributed by atoms with Crippen LogP contribution >= 0.6 is 11.8 Å². The quantitative estimate of drug-likeness (QED) is 0.567. The van der Waals surface area contributed by atoms with Gasteiger partial charge in [0.2, 0.25) is 0 Å². The van der Waals surface area contributed by atoms with Gasteiger partial charge in [0.15, 0.2) is 0 Å². The SMILES string of the molecule is C=CCOC(=O)[C@@H]1NCCSC1(C)C. The lowest BCUT2D eigenvalue weighted by atomic mass is 10.0. The Labute approximate surface area is 89.3 Å². The van der Waals surface area contributed by atoms with E-state index in [9.17, 15) is 4.79 Å². The Morgan fingerprint density at radius 3 is 3.07 bits per heavy atom. The van der Waals surface area contributed by atoms with Gasteiger partial charge in [-0.2, -0.15) is 11.8 Å². The van der Waals surface area contributed by atoms with Crippen LogP contribution in [-0.4, -0.2) is 35.7 Å². The van der Waals surface area contributed by atoms with Crippen LogP contribution in [-0.2, 0) is 9.53 Å². The molecule has 1 rings (SSSR count). The van der Waals surface area contributed by atoms with Crippen LogP contribution in [0, 0.1) is 0 Å². The molecule has 0 radical (unpaired) electrons. The number of ether oxygens (including phenoxy) is 1. The fourth-order valence-corrected chi connectivity index (χ4v) is 2.53. The molecule has 1 heterocycles. The summed E-state index contributed by atoms with van der Waals surface area (Å²) in [7, 11) is 0. The highest BCUT2D eigenvalue weighted by atomic mass is 32.2. The highest BCUT2D eigenvalue weighted by Gasteiger charge is 2.38. The Hall–Kier alpha value is -0.480. The van der Waals surface area contributed by atoms with Crippen molar-refractivity contribution in [1.29, 1.82) is 0 Å². The van der Waals surface area contributed by atoms with E-state index in [0.717, 1.165) is 12.3 Å². The smallest absolute Gasteiger partial charge is 0.324 e. The molecule has 4 heteroatoms. The highest BCUT2D eigenvalue weighted by molar-refractivity contribution is 8.00. The largest absolute Gasteiger partial charge is 0.460 e. The lowest BCUT2D eigenvalue weighted by Gasteiger charge is -2.36. The predicted octanol–water partition coefficient (Wildman–Crippen LogP) is 1.20. The lowest BCUT2D eigenvalue weighted by Crippen LogP contribution is -2.55. The normalized spacial score (nSPS) is 25.4. The van der Waals surface area contributed by atoms with E-state index in [2.05, 4.69) is 25.7 Å². The highest BCUT2D eigenvalue weighted by Crippen LogP contribution is 2.31. The van der Waals surface area contributed by atoms with Crippen LogP contribution in [0.1, 0.15) is 13.8 Å². The minimum absolute atomic E-state index is 0.0868. The van der Waals surface area contributed by atoms with Crippen molar-refractivity contribution in [2.75, 3.05) is 18.9 Å². The van der Waals surface area contributed by atoms with E-state index in [-0.39, 0.29) is 23.4 Å². The first-order chi connectivity index (χ1) is 6.58. The molecule has 0 amide bonds. The van der Waals surface area contributed by atoms with Crippen molar-refractivity contribution in [2.45, 2.75) is 24.6 Å². The molecule has 0 aromatic carbocycles. The van der Waals surface area contributed by atoms with Crippen molar-refractivity contribution in [3.63, 3.8) is 0 Å². The minimum Gasteiger partial charge on any atom is -0.460 e. The number of rotatable bonds is 3. The maximum absolute atomic E-state index is 11.6. The van der Waals surface area contributed by atoms with Crippen molar-refractivity contribution in [1.82, 2.24) is 5.32 Å². The Balaban J connectivity index is 2.55. The molecule has 0 aromatic heterocycles. The van der Waals surface area contributed by atoms with Crippen molar-refractivity contribution in [3.8, 4) is 0 Å². The van der Waals surface area contributed by atoms with Gasteiger partial charge in [-0.3, -0.25) is 4.79 Å². The average molecular weight is 215 g/mol. The summed E-state index contributed by atoms with van der Waals surface area (Å²) in [6, 6.07) is -0.207. The van der Waals surface area contributed by atoms with Gasteiger partial charge in [-0.1, -0.05) is 12.7 Å². The summed E-state index contributed by atoms with van der Waals surface area (Å²) in [5, 5.41) is 3.19. The second-order valence-electron chi connectivity index (χ2n) is 3.76. The van der Waals surface area contributed by atoms with E-state index in [1.54, 1.807) is 17.8 Å². The third kappa shape index (κ3) is 2.75. The fourth-order valence-electron chi connectivity index (χ4n) is 1.44. The van der Waals surface area contributed by atoms with Gasteiger partial charge >= 0.3 is 5.97 Å². The summed E-state index contributed by atoms with van der Waals surface area (Å²) in [6.07, 6.45) is 1.58. The zero-order valence-corrected chi connectivity index (χ0v) is 9.52. The van der Waals surface area contributed by atoms with Gasteiger partial charge < -0.3 is 10.1 Å². The molecule has 1 aliphatic heterocycles. The number of nitrogens with one attached hydrogen (secondary N) is 1. The Morgan fingerprint density at radius 1 is 1.79 bits per heavy atom. The van der Waals surface area contributed by atoms with Crippen LogP contribution in [0.5, 0.6) is 0 Å². The third-order valence-electron chi connectivity index (χ3n) is 2.20. The van der Waals surface area contributed by atoms with E-state index in [1.807, 2.05) is 0 Å². The Bertz CT molecular complexity index is 228. The van der Waals surface area contributed by atoms with E-state index in [0.29, 0.717) is 0 Å². The second kappa shape index (κ2) is 4.84. The van der Waals surface area contributed by atoms with Crippen LogP contribution in [0.3, 0.4) is 0 Å². The van der Waals surface area contributed by atoms with E-state index in [1.165, 1.54) is 0 Å². The molecule has 0 spiro atoms. The zero-order chi connectivity index (χ0) is 10.6. The molecule has 0 bridgehead atoms. The second-order valence-corrected chi connectivity index (χ2v) is 5.51. The number of carbonyl (C=O) groups is 1. The number of hydrogen-bond acceptors (Lipinski definition) is 4. The number of esters is 1. The van der Waals surface area contributed by atoms with Crippen LogP contribution < -0.4 is 5.32 Å². The van der Waals surface area contributed by atoms with Gasteiger partial charge in [0.25, 0.3) is 0 Å². The fraction of sp³-hybridized carbons (Fsp3) is 0.700. The van der Waals surface area contributed by atoms with Gasteiger partial charge in [0.05, 0.1) is 0 Å². The van der Waals surface area contributed by atoms with Gasteiger partial charge in [0.1, 0.15) is 12.6 Å². The first-order valence-corrected chi connectivity index (χ1v) is 5.71. The van der Waals surface area contributed by atoms with Gasteiger partial charge in [-0.05, 0) is 13.8 Å². The lowest BCUT2D eigenvalue weighted by molar-refractivity contribution is -0.145. The maximum atomic E-state index is 11.6. The molecular formula is C10H17NO2S. The van der Waals surface area contributed by atoms with E-state index < -0.39 is 0 Å². The molecule has 0 unspecified atom stereocenters. The van der Waals surface area contributed by atoms with Crippen LogP contribution in [0.4, 0.5) is 0 Å². The van der Waals surface area contributed by atoms with Crippen LogP contribution in [0.2, 0.25) is 0 Å². The van der Waals surface area contributed by atoms with Gasteiger partial charge in [-0.15, -0.1) is 0 Å². The molecule has 1 atom stereocenters. The molecule has 1 fully saturated rings. The van der Waals surface area contributed by atoms with Crippen LogP contribution in [0.15, 0.2) is 12.7 Å². The molecule has 1 aliphatic rings. The molecular weight excluding hydrogens is 198 g/mol. The average Bonchev–Trinajstić information content (AvgIpc) is 2.13. The van der Waals surface area contributed by atoms with Gasteiger partial charge in [-0.25, -0.2) is 0 Å². The summed E-state index contributed by atoms with van der Waals surface area (Å²) in [6.45, 7) is 8.78. The molecule has 0 saturated carbocycles. The Kier molecular flexibility index (Phi) is 4.01. The van der Waals surface area contributed by atoms with Gasteiger partial charge in [0, 0.05) is 17.0 Å². The van der Waals surface area contributed by atoms with Crippen molar-refractivity contribution < 1.29 is 9.53 Å². The van der Waals surface area contributed by atoms with Crippen molar-refractivity contribution in [3.05, 3.63) is 12.7 Å². The topological polar surface area (TPSA) is 38.3 Å². The van der Waals surface area contributed by atoms with E-state index in [4.69, 9.17) is 4.74 Å². The number of hydrogen-bond donors (Lipinski definition) is 1. The first kappa shape index (κ1) is 11.6. The van der Waals surface area contributed by atoms with E-state index >= 15 is 0 Å². The van der Waals surface area contributed by atoms with Crippen molar-refractivity contribution in [2.24, 2.45) is 0 Å².